The van der Waals surface area contributed by atoms with E-state index in [2.05, 4.69) is 50.6 Å². The molecular formula is C51H55ClF6N13O22PS2. The summed E-state index contributed by atoms with van der Waals surface area (Å²) in [5.74, 6) is -4.21. The maximum atomic E-state index is 12.7. The van der Waals surface area contributed by atoms with E-state index in [1.54, 1.807) is 9.44 Å². The summed E-state index contributed by atoms with van der Waals surface area (Å²) < 4.78 is 168. The topological polar surface area (TPSA) is 488 Å². The Labute approximate surface area is 543 Å². The number of alkyl halides is 6. The number of pyridine rings is 1. The fraction of sp³-hybridized carbons (Fsp3) is 0.294. The third-order valence-electron chi connectivity index (χ3n) is 10.6. The van der Waals surface area contributed by atoms with Crippen molar-refractivity contribution in [1.82, 2.24) is 49.6 Å². The molecule has 8 N–H and O–H groups in total. The summed E-state index contributed by atoms with van der Waals surface area (Å²) in [5.41, 5.74) is -2.42. The minimum atomic E-state index is -4.61. The molecular weight excluding hydrogens is 1390 g/mol. The first-order valence-corrected chi connectivity index (χ1v) is 31.1. The van der Waals surface area contributed by atoms with Gasteiger partial charge in [-0.05, 0) is 68.3 Å². The molecule has 0 aliphatic carbocycles. The van der Waals surface area contributed by atoms with Gasteiger partial charge in [0.1, 0.15) is 22.9 Å². The quantitative estimate of drug-likeness (QED) is 0.0122. The summed E-state index contributed by atoms with van der Waals surface area (Å²) in [6.07, 6.45) is -10.2. The molecule has 3 aromatic carbocycles. The lowest BCUT2D eigenvalue weighted by atomic mass is 10.1. The lowest BCUT2D eigenvalue weighted by Gasteiger charge is -2.14. The molecule has 0 spiro atoms. The van der Waals surface area contributed by atoms with Crippen molar-refractivity contribution in [3.05, 3.63) is 128 Å². The SMILES string of the molecule is CCOC(=O)COC(=O)c1cc(Oc2ccc(C(F)(F)F)cc2Cl)ccc1[N+](=O)[O-].COc1cc(OC)nc(NC(=O)NS(=O)(=O)c2ncccc2C(=O)N(C)C)n1.COc1nc(C)nc(NC(=O)NS(=O)(=O)c2ccccc2CCC(F)(F)F)n1.O=C(O)CNCP(=O)(O)O. The van der Waals surface area contributed by atoms with E-state index >= 15 is 0 Å². The molecule has 0 radical (unpaired) electrons. The standard InChI is InChI=1S/C18H13ClF3NO7.C15H16F3N5O4S.C15H18N6O6S.C3H8NO5P/c1-2-28-16(24)9-29-17(25)12-8-11(4-5-14(12)23(26)27)30-15-6-3-10(7-13(15)19)18(20,21)22;1-9-19-12(22-14(20-9)27-2)21-13(24)23-28(25,26)11-6-4-3-5-10(11)7-8-15(16,17)18;1-21(2)13(22)9-6-5-7-16-12(9)28(24,25)20-15(23)19-14-17-10(26-3)8-11(18-14)27-4;5-3(6)1-4-2-10(7,8)9/h3-8H,2,9H2,1H3;3-6H,7-8H2,1-2H3,(H2,19,20,21,22,23,24);5-8H,1-4H3,(H2,17,18,19,20,23);4H,1-2H2,(H,5,6)(H2,7,8,9). The van der Waals surface area contributed by atoms with Gasteiger partial charge in [-0.2, -0.15) is 59.7 Å². The van der Waals surface area contributed by atoms with Crippen LogP contribution in [0.2, 0.25) is 5.02 Å². The number of aliphatic carboxylic acids is 1. The summed E-state index contributed by atoms with van der Waals surface area (Å²) in [7, 11) is -6.09. The van der Waals surface area contributed by atoms with Gasteiger partial charge in [-0.25, -0.2) is 42.0 Å². The number of aryl methyl sites for hydroxylation is 2. The maximum absolute atomic E-state index is 12.7. The Hall–Kier alpha value is -10.2. The number of carboxylic acids is 1. The number of hydrogen-bond donors (Lipinski definition) is 8. The van der Waals surface area contributed by atoms with Gasteiger partial charge in [0.25, 0.3) is 31.6 Å². The Morgan fingerprint density at radius 1 is 0.760 bits per heavy atom. The lowest BCUT2D eigenvalue weighted by Crippen LogP contribution is -2.36. The molecule has 522 valence electrons. The first kappa shape index (κ1) is 80.0. The molecule has 35 nitrogen and oxygen atoms in total. The van der Waals surface area contributed by atoms with Gasteiger partial charge in [-0.1, -0.05) is 29.8 Å². The number of anilines is 2. The summed E-state index contributed by atoms with van der Waals surface area (Å²) in [4.78, 5) is 120. The highest BCUT2D eigenvalue weighted by atomic mass is 35.5. The highest BCUT2D eigenvalue weighted by Gasteiger charge is 2.33. The van der Waals surface area contributed by atoms with Crippen LogP contribution in [-0.4, -0.2) is 175 Å². The van der Waals surface area contributed by atoms with Crippen molar-refractivity contribution >= 4 is 92.7 Å². The number of nitrogens with one attached hydrogen (secondary N) is 5. The molecule has 96 heavy (non-hydrogen) atoms. The Morgan fingerprint density at radius 3 is 1.90 bits per heavy atom. The van der Waals surface area contributed by atoms with Gasteiger partial charge >= 0.3 is 55.9 Å². The van der Waals surface area contributed by atoms with Gasteiger partial charge in [0.05, 0.1) is 72.8 Å². The number of urea groups is 2. The van der Waals surface area contributed by atoms with Gasteiger partial charge in [0.15, 0.2) is 11.6 Å². The van der Waals surface area contributed by atoms with Crippen LogP contribution in [0.3, 0.4) is 0 Å². The first-order valence-electron chi connectivity index (χ1n) is 26.0. The van der Waals surface area contributed by atoms with Crippen molar-refractivity contribution in [3.8, 4) is 29.3 Å². The van der Waals surface area contributed by atoms with Crippen LogP contribution in [0, 0.1) is 17.0 Å². The molecule has 0 aliphatic rings. The van der Waals surface area contributed by atoms with Gasteiger partial charge in [0, 0.05) is 38.8 Å². The highest BCUT2D eigenvalue weighted by molar-refractivity contribution is 7.90. The average molecular weight is 1450 g/mol. The van der Waals surface area contributed by atoms with E-state index in [0.29, 0.717) is 6.07 Å². The molecule has 3 heterocycles. The Morgan fingerprint density at radius 2 is 1.36 bits per heavy atom. The zero-order chi connectivity index (χ0) is 72.5. The molecule has 0 unspecified atom stereocenters. The van der Waals surface area contributed by atoms with Crippen molar-refractivity contribution in [2.75, 3.05) is 72.1 Å². The number of carbonyl (C=O) groups excluding carboxylic acids is 5. The molecule has 0 atom stereocenters. The van der Waals surface area contributed by atoms with Crippen LogP contribution in [-0.2, 0) is 56.3 Å². The number of hydrogen-bond acceptors (Lipinski definition) is 26. The largest absolute Gasteiger partial charge is 0.481 e. The van der Waals surface area contributed by atoms with Crippen molar-refractivity contribution < 1.29 is 125 Å². The number of aromatic nitrogens is 6. The number of benzene rings is 3. The second-order valence-electron chi connectivity index (χ2n) is 18.1. The molecule has 0 saturated carbocycles. The number of nitrogens with zero attached hydrogens (tertiary/aromatic N) is 8. The molecule has 3 aromatic heterocycles. The van der Waals surface area contributed by atoms with Crippen molar-refractivity contribution in [2.45, 2.75) is 49.0 Å². The van der Waals surface area contributed by atoms with Crippen LogP contribution in [0.25, 0.3) is 0 Å². The zero-order valence-corrected chi connectivity index (χ0v) is 53.7. The van der Waals surface area contributed by atoms with Gasteiger partial charge < -0.3 is 48.2 Å². The van der Waals surface area contributed by atoms with Crippen LogP contribution in [0.1, 0.15) is 51.0 Å². The van der Waals surface area contributed by atoms with Crippen molar-refractivity contribution in [2.24, 2.45) is 0 Å². The number of nitro benzene ring substituents is 1. The van der Waals surface area contributed by atoms with Crippen LogP contribution in [0.15, 0.2) is 95.0 Å². The third-order valence-corrected chi connectivity index (χ3v) is 14.3. The second kappa shape index (κ2) is 35.9. The van der Waals surface area contributed by atoms with Crippen molar-refractivity contribution in [3.63, 3.8) is 0 Å². The number of nitro groups is 1. The number of methoxy groups -OCH3 is 3. The Kier molecular flexibility index (Phi) is 29.9. The van der Waals surface area contributed by atoms with E-state index in [4.69, 9.17) is 50.2 Å². The Bertz CT molecular complexity index is 4050. The lowest BCUT2D eigenvalue weighted by molar-refractivity contribution is -0.385. The second-order valence-corrected chi connectivity index (χ2v) is 23.4. The number of sulfonamides is 2. The molecule has 0 aliphatic heterocycles. The first-order chi connectivity index (χ1) is 44.6. The molecule has 0 bridgehead atoms. The summed E-state index contributed by atoms with van der Waals surface area (Å²) >= 11 is 5.81. The summed E-state index contributed by atoms with van der Waals surface area (Å²) in [6.45, 7) is 1.89. The number of amides is 5. The third kappa shape index (κ3) is 27.4. The summed E-state index contributed by atoms with van der Waals surface area (Å²) in [6, 6.07) is 12.1. The van der Waals surface area contributed by atoms with Crippen molar-refractivity contribution in [1.29, 1.82) is 0 Å². The molecule has 0 fully saturated rings. The van der Waals surface area contributed by atoms with E-state index < -0.39 is 140 Å². The van der Waals surface area contributed by atoms with E-state index in [1.165, 1.54) is 96.8 Å². The van der Waals surface area contributed by atoms with E-state index in [9.17, 15) is 86.6 Å². The number of rotatable bonds is 23. The average Bonchev–Trinajstić information content (AvgIpc) is 0.739. The van der Waals surface area contributed by atoms with Crippen LogP contribution in [0.4, 0.5) is 53.5 Å². The predicted octanol–water partition coefficient (Wildman–Crippen LogP) is 5.87. The smallest absolute Gasteiger partial charge is 0.416 e. The maximum Gasteiger partial charge on any atom is 0.416 e. The number of carboxylic acid groups (broad SMARTS) is 1. The molecule has 45 heteroatoms. The van der Waals surface area contributed by atoms with Gasteiger partial charge in [-0.3, -0.25) is 40.2 Å². The minimum absolute atomic E-state index is 0.0493. The summed E-state index contributed by atoms with van der Waals surface area (Å²) in [5, 5.41) is 24.5. The van der Waals surface area contributed by atoms with Crippen LogP contribution >= 0.6 is 19.2 Å². The monoisotopic (exact) mass is 1450 g/mol. The molecule has 5 amide bonds. The van der Waals surface area contributed by atoms with E-state index in [1.807, 2.05) is 0 Å². The highest BCUT2D eigenvalue weighted by Crippen LogP contribution is 2.38. The van der Waals surface area contributed by atoms with Crippen LogP contribution in [0.5, 0.6) is 29.3 Å². The Balaban J connectivity index is 0.000000350. The predicted molar refractivity (Wildman–Crippen MR) is 317 cm³/mol. The van der Waals surface area contributed by atoms with Crippen LogP contribution < -0.4 is 44.3 Å². The number of halogens is 7. The molecule has 6 rings (SSSR count). The number of ether oxygens (including phenoxy) is 6. The van der Waals surface area contributed by atoms with E-state index in [0.717, 1.165) is 36.4 Å². The van der Waals surface area contributed by atoms with E-state index in [-0.39, 0.29) is 69.7 Å². The number of carbonyl (C=O) groups is 6. The molecule has 6 aromatic rings. The van der Waals surface area contributed by atoms with Gasteiger partial charge in [-0.15, -0.1) is 0 Å². The fourth-order valence-corrected chi connectivity index (χ4v) is 9.47. The fourth-order valence-electron chi connectivity index (χ4n) is 6.63. The molecule has 0 saturated heterocycles. The van der Waals surface area contributed by atoms with Gasteiger partial charge in [0.2, 0.25) is 23.7 Å². The minimum Gasteiger partial charge on any atom is -0.481 e. The normalized spacial score (nSPS) is 11.2. The zero-order valence-electron chi connectivity index (χ0n) is 50.4. The number of esters is 2.